The minimum atomic E-state index is -0.141. The second kappa shape index (κ2) is 9.30. The second-order valence-corrected chi connectivity index (χ2v) is 8.11. The summed E-state index contributed by atoms with van der Waals surface area (Å²) in [4.78, 5) is 19.0. The third kappa shape index (κ3) is 4.77. The highest BCUT2D eigenvalue weighted by molar-refractivity contribution is 7.20. The van der Waals surface area contributed by atoms with Crippen molar-refractivity contribution in [3.63, 3.8) is 0 Å². The summed E-state index contributed by atoms with van der Waals surface area (Å²) < 4.78 is 22.9. The van der Waals surface area contributed by atoms with E-state index in [4.69, 9.17) is 18.9 Å². The SMILES string of the molecule is COc1ccc2nc(OC3CCN(C(=O)Nc4ccc(OC)c(OC)c4)CC3)sc2c1. The molecule has 3 aromatic rings. The molecule has 1 saturated heterocycles. The van der Waals surface area contributed by atoms with Gasteiger partial charge in [0.1, 0.15) is 11.9 Å². The van der Waals surface area contributed by atoms with Crippen molar-refractivity contribution < 1.29 is 23.7 Å². The number of carbonyl (C=O) groups is 1. The predicted molar refractivity (Wildman–Crippen MR) is 120 cm³/mol. The third-order valence-corrected chi connectivity index (χ3v) is 6.12. The Balaban J connectivity index is 1.31. The molecule has 1 N–H and O–H groups in total. The molecule has 164 valence electrons. The number of nitrogens with zero attached hydrogens (tertiary/aromatic N) is 2. The number of benzene rings is 2. The first-order valence-corrected chi connectivity index (χ1v) is 10.8. The van der Waals surface area contributed by atoms with Crippen molar-refractivity contribution in [2.24, 2.45) is 0 Å². The lowest BCUT2D eigenvalue weighted by Gasteiger charge is -2.31. The average molecular weight is 444 g/mol. The zero-order valence-electron chi connectivity index (χ0n) is 17.7. The standard InChI is InChI=1S/C22H25N3O5S/c1-27-16-5-6-17-20(13-16)31-22(24-17)30-15-8-10-25(11-9-15)21(26)23-14-4-7-18(28-2)19(12-14)29-3/h4-7,12-13,15H,8-11H2,1-3H3,(H,23,26). The summed E-state index contributed by atoms with van der Waals surface area (Å²) >= 11 is 1.51. The summed E-state index contributed by atoms with van der Waals surface area (Å²) in [5.74, 6) is 1.99. The van der Waals surface area contributed by atoms with Gasteiger partial charge in [0, 0.05) is 37.7 Å². The molecule has 0 bridgehead atoms. The quantitative estimate of drug-likeness (QED) is 0.608. The van der Waals surface area contributed by atoms with Crippen LogP contribution in [0.25, 0.3) is 10.2 Å². The number of hydrogen-bond acceptors (Lipinski definition) is 7. The summed E-state index contributed by atoms with van der Waals surface area (Å²) in [6.07, 6.45) is 1.53. The molecule has 0 spiro atoms. The van der Waals surface area contributed by atoms with E-state index < -0.39 is 0 Å². The number of rotatable bonds is 6. The summed E-state index contributed by atoms with van der Waals surface area (Å²) in [6, 6.07) is 10.9. The van der Waals surface area contributed by atoms with E-state index in [0.717, 1.165) is 28.8 Å². The fraction of sp³-hybridized carbons (Fsp3) is 0.364. The van der Waals surface area contributed by atoms with Crippen molar-refractivity contribution in [1.29, 1.82) is 0 Å². The van der Waals surface area contributed by atoms with Crippen LogP contribution in [-0.2, 0) is 0 Å². The number of thiazole rings is 1. The molecule has 1 fully saturated rings. The number of ether oxygens (including phenoxy) is 4. The predicted octanol–water partition coefficient (Wildman–Crippen LogP) is 4.40. The largest absolute Gasteiger partial charge is 0.497 e. The van der Waals surface area contributed by atoms with Crippen LogP contribution in [0.15, 0.2) is 36.4 Å². The number of aromatic nitrogens is 1. The van der Waals surface area contributed by atoms with E-state index in [0.29, 0.717) is 35.5 Å². The summed E-state index contributed by atoms with van der Waals surface area (Å²) in [5.41, 5.74) is 1.55. The molecule has 2 aromatic carbocycles. The van der Waals surface area contributed by atoms with E-state index in [-0.39, 0.29) is 12.1 Å². The lowest BCUT2D eigenvalue weighted by Crippen LogP contribution is -2.43. The summed E-state index contributed by atoms with van der Waals surface area (Å²) in [6.45, 7) is 1.23. The Morgan fingerprint density at radius 3 is 2.52 bits per heavy atom. The first-order valence-electron chi connectivity index (χ1n) is 9.99. The Morgan fingerprint density at radius 2 is 1.81 bits per heavy atom. The smallest absolute Gasteiger partial charge is 0.321 e. The molecule has 2 heterocycles. The molecule has 0 atom stereocenters. The van der Waals surface area contributed by atoms with Crippen LogP contribution in [0, 0.1) is 0 Å². The molecule has 9 heteroatoms. The molecule has 0 aliphatic carbocycles. The minimum Gasteiger partial charge on any atom is -0.497 e. The van der Waals surface area contributed by atoms with Gasteiger partial charge in [0.25, 0.3) is 5.19 Å². The fourth-order valence-corrected chi connectivity index (χ4v) is 4.41. The minimum absolute atomic E-state index is 0.0348. The number of methoxy groups -OCH3 is 3. The van der Waals surface area contributed by atoms with Gasteiger partial charge >= 0.3 is 6.03 Å². The van der Waals surface area contributed by atoms with Gasteiger partial charge in [0.05, 0.1) is 31.5 Å². The van der Waals surface area contributed by atoms with Gasteiger partial charge in [-0.05, 0) is 30.3 Å². The number of fused-ring (bicyclic) bond motifs is 1. The van der Waals surface area contributed by atoms with Crippen molar-refractivity contribution in [1.82, 2.24) is 9.88 Å². The summed E-state index contributed by atoms with van der Waals surface area (Å²) in [7, 11) is 4.79. The van der Waals surface area contributed by atoms with E-state index >= 15 is 0 Å². The number of anilines is 1. The van der Waals surface area contributed by atoms with Gasteiger partial charge in [-0.25, -0.2) is 9.78 Å². The van der Waals surface area contributed by atoms with Crippen LogP contribution in [0.2, 0.25) is 0 Å². The Kier molecular flexibility index (Phi) is 6.31. The zero-order chi connectivity index (χ0) is 21.8. The van der Waals surface area contributed by atoms with Crippen LogP contribution in [0.5, 0.6) is 22.4 Å². The molecule has 0 unspecified atom stereocenters. The van der Waals surface area contributed by atoms with Gasteiger partial charge in [-0.3, -0.25) is 0 Å². The number of carbonyl (C=O) groups excluding carboxylic acids is 1. The maximum Gasteiger partial charge on any atom is 0.321 e. The molecule has 4 rings (SSSR count). The van der Waals surface area contributed by atoms with Gasteiger partial charge in [-0.15, -0.1) is 0 Å². The molecule has 31 heavy (non-hydrogen) atoms. The van der Waals surface area contributed by atoms with E-state index in [9.17, 15) is 4.79 Å². The Hall–Kier alpha value is -3.20. The highest BCUT2D eigenvalue weighted by Crippen LogP contribution is 2.32. The van der Waals surface area contributed by atoms with Crippen LogP contribution in [-0.4, -0.2) is 56.4 Å². The van der Waals surface area contributed by atoms with Crippen LogP contribution < -0.4 is 24.3 Å². The molecule has 1 aliphatic heterocycles. The number of nitrogens with one attached hydrogen (secondary N) is 1. The van der Waals surface area contributed by atoms with E-state index in [1.54, 1.807) is 44.4 Å². The molecule has 1 aliphatic rings. The topological polar surface area (TPSA) is 82.2 Å². The van der Waals surface area contributed by atoms with Crippen molar-refractivity contribution in [2.75, 3.05) is 39.7 Å². The molecular weight excluding hydrogens is 418 g/mol. The average Bonchev–Trinajstić information content (AvgIpc) is 3.20. The second-order valence-electron chi connectivity index (χ2n) is 7.12. The third-order valence-electron chi connectivity index (χ3n) is 5.21. The van der Waals surface area contributed by atoms with E-state index in [1.165, 1.54) is 11.3 Å². The van der Waals surface area contributed by atoms with Crippen molar-refractivity contribution in [3.05, 3.63) is 36.4 Å². The van der Waals surface area contributed by atoms with Gasteiger partial charge in [0.15, 0.2) is 11.5 Å². The number of amides is 2. The number of hydrogen-bond donors (Lipinski definition) is 1. The van der Waals surface area contributed by atoms with Crippen molar-refractivity contribution >= 4 is 33.3 Å². The monoisotopic (exact) mass is 443 g/mol. The van der Waals surface area contributed by atoms with Gasteiger partial charge in [-0.2, -0.15) is 0 Å². The zero-order valence-corrected chi connectivity index (χ0v) is 18.5. The number of likely N-dealkylation sites (tertiary alicyclic amines) is 1. The maximum absolute atomic E-state index is 12.6. The van der Waals surface area contributed by atoms with Crippen molar-refractivity contribution in [3.8, 4) is 22.4 Å². The van der Waals surface area contributed by atoms with Gasteiger partial charge in [0.2, 0.25) is 0 Å². The van der Waals surface area contributed by atoms with Gasteiger partial charge < -0.3 is 29.2 Å². The van der Waals surface area contributed by atoms with Gasteiger partial charge in [-0.1, -0.05) is 11.3 Å². The van der Waals surface area contributed by atoms with E-state index in [1.807, 2.05) is 18.2 Å². The van der Waals surface area contributed by atoms with Crippen LogP contribution >= 0.6 is 11.3 Å². The molecule has 2 amide bonds. The lowest BCUT2D eigenvalue weighted by molar-refractivity contribution is 0.115. The normalized spacial score (nSPS) is 14.4. The summed E-state index contributed by atoms with van der Waals surface area (Å²) in [5, 5.41) is 3.57. The number of urea groups is 1. The molecular formula is C22H25N3O5S. The Morgan fingerprint density at radius 1 is 1.03 bits per heavy atom. The van der Waals surface area contributed by atoms with Crippen molar-refractivity contribution in [2.45, 2.75) is 18.9 Å². The molecule has 0 radical (unpaired) electrons. The Bertz CT molecular complexity index is 1060. The van der Waals surface area contributed by atoms with Crippen LogP contribution in [0.1, 0.15) is 12.8 Å². The number of piperidine rings is 1. The lowest BCUT2D eigenvalue weighted by atomic mass is 10.1. The van der Waals surface area contributed by atoms with E-state index in [2.05, 4.69) is 10.3 Å². The molecule has 1 aromatic heterocycles. The Labute approximate surface area is 184 Å². The highest BCUT2D eigenvalue weighted by atomic mass is 32.1. The fourth-order valence-electron chi connectivity index (χ4n) is 3.50. The molecule has 8 nitrogen and oxygen atoms in total. The molecule has 0 saturated carbocycles. The first kappa shape index (κ1) is 21.0. The maximum atomic E-state index is 12.6. The highest BCUT2D eigenvalue weighted by Gasteiger charge is 2.25. The van der Waals surface area contributed by atoms with Crippen LogP contribution in [0.4, 0.5) is 10.5 Å². The first-order chi connectivity index (χ1) is 15.1. The van der Waals surface area contributed by atoms with Crippen LogP contribution in [0.3, 0.4) is 0 Å².